The van der Waals surface area contributed by atoms with Crippen molar-refractivity contribution < 1.29 is 0 Å². The average molecular weight is 342 g/mol. The van der Waals surface area contributed by atoms with Crippen LogP contribution in [-0.4, -0.2) is 29.9 Å². The highest BCUT2D eigenvalue weighted by Crippen LogP contribution is 2.38. The van der Waals surface area contributed by atoms with Gasteiger partial charge in [-0.25, -0.2) is 0 Å². The van der Waals surface area contributed by atoms with Crippen molar-refractivity contribution in [3.05, 3.63) is 115 Å². The van der Waals surface area contributed by atoms with E-state index in [1.54, 1.807) is 0 Å². The summed E-state index contributed by atoms with van der Waals surface area (Å²) in [6, 6.07) is 21.3. The first-order chi connectivity index (χ1) is 12.7. The third kappa shape index (κ3) is 3.42. The van der Waals surface area contributed by atoms with Crippen molar-refractivity contribution >= 4 is 5.70 Å². The van der Waals surface area contributed by atoms with E-state index in [4.69, 9.17) is 0 Å². The molecule has 0 saturated carbocycles. The Kier molecular flexibility index (Phi) is 5.55. The lowest BCUT2D eigenvalue weighted by atomic mass is 9.95. The first kappa shape index (κ1) is 18.0. The van der Waals surface area contributed by atoms with Gasteiger partial charge in [-0.1, -0.05) is 92.0 Å². The van der Waals surface area contributed by atoms with Gasteiger partial charge in [-0.05, 0) is 29.8 Å². The Morgan fingerprint density at radius 2 is 1.54 bits per heavy atom. The molecule has 2 aromatic rings. The van der Waals surface area contributed by atoms with Gasteiger partial charge in [0, 0.05) is 12.7 Å². The molecule has 0 aromatic heterocycles. The third-order valence-electron chi connectivity index (χ3n) is 4.94. The summed E-state index contributed by atoms with van der Waals surface area (Å²) in [6.07, 6.45) is 8.24. The van der Waals surface area contributed by atoms with Gasteiger partial charge >= 0.3 is 0 Å². The van der Waals surface area contributed by atoms with Crippen LogP contribution >= 0.6 is 0 Å². The molecule has 0 amide bonds. The fourth-order valence-corrected chi connectivity index (χ4v) is 3.69. The standard InChI is InChI=1S/C24H26N2/c1-5-13-19(6-2)22-18-23(20-14-9-7-10-15-20)26(4)24(25(22)3)21-16-11-8-12-17-21/h5-18,22,24H,1-2H2,3-4H3/b19-13+. The molecular weight excluding hydrogens is 316 g/mol. The number of allylic oxidation sites excluding steroid dienone is 2. The number of nitrogens with zero attached hydrogens (tertiary/aromatic N) is 2. The maximum atomic E-state index is 4.02. The first-order valence-electron chi connectivity index (χ1n) is 8.89. The fraction of sp³-hybridized carbons (Fsp3) is 0.167. The summed E-state index contributed by atoms with van der Waals surface area (Å²) < 4.78 is 0. The molecule has 2 nitrogen and oxygen atoms in total. The van der Waals surface area contributed by atoms with Crippen molar-refractivity contribution in [3.63, 3.8) is 0 Å². The molecule has 0 bridgehead atoms. The minimum atomic E-state index is 0.127. The van der Waals surface area contributed by atoms with Crippen molar-refractivity contribution in [1.82, 2.24) is 9.80 Å². The smallest absolute Gasteiger partial charge is 0.108 e. The van der Waals surface area contributed by atoms with Crippen LogP contribution in [0.5, 0.6) is 0 Å². The molecule has 2 unspecified atom stereocenters. The third-order valence-corrected chi connectivity index (χ3v) is 4.94. The van der Waals surface area contributed by atoms with Gasteiger partial charge in [0.1, 0.15) is 6.17 Å². The van der Waals surface area contributed by atoms with Crippen LogP contribution in [0.2, 0.25) is 0 Å². The molecule has 3 rings (SSSR count). The second-order valence-corrected chi connectivity index (χ2v) is 6.53. The molecule has 26 heavy (non-hydrogen) atoms. The summed E-state index contributed by atoms with van der Waals surface area (Å²) >= 11 is 0. The van der Waals surface area contributed by atoms with Crippen molar-refractivity contribution in [2.45, 2.75) is 12.2 Å². The van der Waals surface area contributed by atoms with Crippen LogP contribution in [0.1, 0.15) is 17.3 Å². The number of rotatable bonds is 5. The molecule has 132 valence electrons. The Morgan fingerprint density at radius 3 is 2.12 bits per heavy atom. The van der Waals surface area contributed by atoms with Gasteiger partial charge in [-0.3, -0.25) is 4.90 Å². The highest BCUT2D eigenvalue weighted by atomic mass is 15.4. The number of likely N-dealkylation sites (N-methyl/N-ethyl adjacent to an activating group) is 1. The van der Waals surface area contributed by atoms with Crippen LogP contribution < -0.4 is 0 Å². The first-order valence-corrected chi connectivity index (χ1v) is 8.89. The van der Waals surface area contributed by atoms with E-state index in [1.807, 2.05) is 18.2 Å². The highest BCUT2D eigenvalue weighted by molar-refractivity contribution is 5.67. The van der Waals surface area contributed by atoms with Gasteiger partial charge in [-0.15, -0.1) is 0 Å². The Morgan fingerprint density at radius 1 is 0.923 bits per heavy atom. The summed E-state index contributed by atoms with van der Waals surface area (Å²) in [4.78, 5) is 4.72. The van der Waals surface area contributed by atoms with Crippen LogP contribution in [0.25, 0.3) is 5.70 Å². The SMILES string of the molecule is C=C/C=C(\C=C)C1C=C(c2ccccc2)N(C)C(c2ccccc2)N1C. The van der Waals surface area contributed by atoms with E-state index in [9.17, 15) is 0 Å². The quantitative estimate of drug-likeness (QED) is 0.683. The molecule has 2 aromatic carbocycles. The van der Waals surface area contributed by atoms with Crippen LogP contribution in [0.3, 0.4) is 0 Å². The summed E-state index contributed by atoms with van der Waals surface area (Å²) in [5, 5.41) is 0. The van der Waals surface area contributed by atoms with Crippen molar-refractivity contribution in [3.8, 4) is 0 Å². The second-order valence-electron chi connectivity index (χ2n) is 6.53. The molecule has 0 aliphatic carbocycles. The summed E-state index contributed by atoms with van der Waals surface area (Å²) in [7, 11) is 4.32. The molecule has 1 heterocycles. The van der Waals surface area contributed by atoms with Crippen LogP contribution in [0.15, 0.2) is 104 Å². The Balaban J connectivity index is 2.14. The molecule has 0 N–H and O–H groups in total. The Hall–Kier alpha value is -2.84. The Bertz CT molecular complexity index is 818. The van der Waals surface area contributed by atoms with Gasteiger partial charge < -0.3 is 4.90 Å². The minimum absolute atomic E-state index is 0.127. The number of benzene rings is 2. The van der Waals surface area contributed by atoms with Crippen LogP contribution in [-0.2, 0) is 0 Å². The topological polar surface area (TPSA) is 6.48 Å². The average Bonchev–Trinajstić information content (AvgIpc) is 2.68. The van der Waals surface area contributed by atoms with E-state index in [0.29, 0.717) is 0 Å². The lowest BCUT2D eigenvalue weighted by molar-refractivity contribution is 0.102. The molecular formula is C24H26N2. The van der Waals surface area contributed by atoms with Crippen molar-refractivity contribution in [2.75, 3.05) is 14.1 Å². The van der Waals surface area contributed by atoms with Gasteiger partial charge in [0.05, 0.1) is 6.04 Å². The van der Waals surface area contributed by atoms with Crippen LogP contribution in [0, 0.1) is 0 Å². The van der Waals surface area contributed by atoms with E-state index in [2.05, 4.69) is 104 Å². The van der Waals surface area contributed by atoms with Gasteiger partial charge in [-0.2, -0.15) is 0 Å². The molecule has 0 radical (unpaired) electrons. The molecule has 1 aliphatic heterocycles. The normalized spacial score (nSPS) is 21.2. The molecule has 2 atom stereocenters. The Labute approximate surface area is 157 Å². The maximum absolute atomic E-state index is 4.02. The van der Waals surface area contributed by atoms with Gasteiger partial charge in [0.15, 0.2) is 0 Å². The molecule has 0 saturated heterocycles. The van der Waals surface area contributed by atoms with E-state index in [1.165, 1.54) is 16.8 Å². The molecule has 2 heteroatoms. The summed E-state index contributed by atoms with van der Waals surface area (Å²) in [5.74, 6) is 0. The van der Waals surface area contributed by atoms with E-state index < -0.39 is 0 Å². The van der Waals surface area contributed by atoms with Gasteiger partial charge in [0.25, 0.3) is 0 Å². The zero-order valence-electron chi connectivity index (χ0n) is 15.5. The fourth-order valence-electron chi connectivity index (χ4n) is 3.69. The van der Waals surface area contributed by atoms with Crippen molar-refractivity contribution in [2.24, 2.45) is 0 Å². The minimum Gasteiger partial charge on any atom is -0.355 e. The molecule has 0 fully saturated rings. The number of hydrogen-bond donors (Lipinski definition) is 0. The van der Waals surface area contributed by atoms with Crippen molar-refractivity contribution in [1.29, 1.82) is 0 Å². The predicted octanol–water partition coefficient (Wildman–Crippen LogP) is 5.27. The summed E-state index contributed by atoms with van der Waals surface area (Å²) in [5.41, 5.74) is 4.85. The van der Waals surface area contributed by atoms with Gasteiger partial charge in [0.2, 0.25) is 0 Å². The molecule has 0 spiro atoms. The monoisotopic (exact) mass is 342 g/mol. The van der Waals surface area contributed by atoms with E-state index in [-0.39, 0.29) is 12.2 Å². The summed E-state index contributed by atoms with van der Waals surface area (Å²) in [6.45, 7) is 7.88. The lowest BCUT2D eigenvalue weighted by Gasteiger charge is -2.46. The largest absolute Gasteiger partial charge is 0.355 e. The predicted molar refractivity (Wildman–Crippen MR) is 111 cm³/mol. The second kappa shape index (κ2) is 8.03. The number of hydrogen-bond acceptors (Lipinski definition) is 2. The van der Waals surface area contributed by atoms with E-state index >= 15 is 0 Å². The molecule has 1 aliphatic rings. The van der Waals surface area contributed by atoms with Crippen LogP contribution in [0.4, 0.5) is 0 Å². The zero-order chi connectivity index (χ0) is 18.5. The highest BCUT2D eigenvalue weighted by Gasteiger charge is 2.33. The van der Waals surface area contributed by atoms with E-state index in [0.717, 1.165) is 5.57 Å². The zero-order valence-corrected chi connectivity index (χ0v) is 15.5. The maximum Gasteiger partial charge on any atom is 0.108 e. The lowest BCUT2D eigenvalue weighted by Crippen LogP contribution is -2.46.